The van der Waals surface area contributed by atoms with Gasteiger partial charge in [-0.2, -0.15) is 13.2 Å². The van der Waals surface area contributed by atoms with E-state index in [4.69, 9.17) is 16.7 Å². The fourth-order valence-corrected chi connectivity index (χ4v) is 4.21. The van der Waals surface area contributed by atoms with Gasteiger partial charge in [0.1, 0.15) is 0 Å². The molecule has 156 valence electrons. The number of carbonyl (C=O) groups is 2. The molecule has 2 N–H and O–H groups in total. The molecule has 0 aliphatic heterocycles. The minimum Gasteiger partial charge on any atom is -0.478 e. The number of aryl methyl sites for hydroxylation is 1. The maximum absolute atomic E-state index is 13.1. The predicted molar refractivity (Wildman–Crippen MR) is 110 cm³/mol. The molecule has 1 aromatic heterocycles. The van der Waals surface area contributed by atoms with Crippen LogP contribution >= 0.6 is 22.9 Å². The van der Waals surface area contributed by atoms with E-state index in [1.54, 1.807) is 18.2 Å². The lowest BCUT2D eigenvalue weighted by molar-refractivity contribution is -0.137. The monoisotopic (exact) mass is 453 g/mol. The number of anilines is 1. The molecule has 4 nitrogen and oxygen atoms in total. The highest BCUT2D eigenvalue weighted by molar-refractivity contribution is 7.12. The number of halogens is 4. The first-order valence-electron chi connectivity index (χ1n) is 8.65. The molecule has 0 unspecified atom stereocenters. The van der Waals surface area contributed by atoms with Crippen LogP contribution in [0.1, 0.15) is 41.6 Å². The van der Waals surface area contributed by atoms with Crippen molar-refractivity contribution in [2.24, 2.45) is 0 Å². The number of hydrogen-bond acceptors (Lipinski definition) is 3. The van der Waals surface area contributed by atoms with Crippen molar-refractivity contribution in [3.8, 4) is 0 Å². The Kier molecular flexibility index (Phi) is 6.19. The number of amides is 1. The summed E-state index contributed by atoms with van der Waals surface area (Å²) in [6, 6.07) is 11.2. The van der Waals surface area contributed by atoms with Crippen molar-refractivity contribution in [1.82, 2.24) is 0 Å². The third-order valence-electron chi connectivity index (χ3n) is 4.29. The molecule has 0 bridgehead atoms. The summed E-state index contributed by atoms with van der Waals surface area (Å²) in [6.07, 6.45) is -4.25. The predicted octanol–water partition coefficient (Wildman–Crippen LogP) is 6.27. The fraction of sp³-hybridized carbons (Fsp3) is 0.143. The molecule has 2 aromatic carbocycles. The molecule has 0 radical (unpaired) electrons. The second-order valence-corrected chi connectivity index (χ2v) is 8.21. The number of aromatic carboxylic acids is 1. The Balaban J connectivity index is 1.85. The Morgan fingerprint density at radius 3 is 2.40 bits per heavy atom. The summed E-state index contributed by atoms with van der Waals surface area (Å²) >= 11 is 7.27. The molecule has 0 fully saturated rings. The summed E-state index contributed by atoms with van der Waals surface area (Å²) in [6.45, 7) is 1.84. The van der Waals surface area contributed by atoms with Gasteiger partial charge in [0, 0.05) is 16.2 Å². The average molecular weight is 454 g/mol. The van der Waals surface area contributed by atoms with Gasteiger partial charge in [-0.15, -0.1) is 11.3 Å². The van der Waals surface area contributed by atoms with Gasteiger partial charge in [0.15, 0.2) is 0 Å². The van der Waals surface area contributed by atoms with Crippen LogP contribution in [0.5, 0.6) is 0 Å². The standard InChI is InChI=1S/C21H15ClF3NO3S/c1-11-9-16(17(30-11)10-12-5-7-13(8-6-12)20(28)29)26-19(27)14-3-2-4-15(18(14)22)21(23,24)25/h2-9H,10H2,1H3,(H,26,27)(H,28,29). The van der Waals surface area contributed by atoms with Gasteiger partial charge in [0.05, 0.1) is 27.4 Å². The van der Waals surface area contributed by atoms with E-state index in [-0.39, 0.29) is 11.1 Å². The molecule has 0 aliphatic carbocycles. The summed E-state index contributed by atoms with van der Waals surface area (Å²) in [4.78, 5) is 25.3. The lowest BCUT2D eigenvalue weighted by Crippen LogP contribution is -2.15. The molecule has 0 saturated carbocycles. The maximum atomic E-state index is 13.1. The minimum atomic E-state index is -4.67. The molecule has 30 heavy (non-hydrogen) atoms. The number of alkyl halides is 3. The van der Waals surface area contributed by atoms with Gasteiger partial charge in [0.2, 0.25) is 0 Å². The van der Waals surface area contributed by atoms with Crippen molar-refractivity contribution in [2.45, 2.75) is 19.5 Å². The molecule has 0 spiro atoms. The highest BCUT2D eigenvalue weighted by Gasteiger charge is 2.34. The van der Waals surface area contributed by atoms with E-state index in [1.807, 2.05) is 6.92 Å². The Hall–Kier alpha value is -2.84. The molecule has 0 atom stereocenters. The van der Waals surface area contributed by atoms with E-state index >= 15 is 0 Å². The lowest BCUT2D eigenvalue weighted by Gasteiger charge is -2.13. The maximum Gasteiger partial charge on any atom is 0.417 e. The number of carboxylic acids is 1. The first-order valence-corrected chi connectivity index (χ1v) is 9.84. The topological polar surface area (TPSA) is 66.4 Å². The number of thiophene rings is 1. The third-order valence-corrected chi connectivity index (χ3v) is 5.75. The molecule has 3 aromatic rings. The largest absolute Gasteiger partial charge is 0.478 e. The number of carboxylic acid groups (broad SMARTS) is 1. The van der Waals surface area contributed by atoms with Crippen molar-refractivity contribution in [2.75, 3.05) is 5.32 Å². The Morgan fingerprint density at radius 1 is 1.13 bits per heavy atom. The van der Waals surface area contributed by atoms with E-state index in [0.29, 0.717) is 12.1 Å². The first kappa shape index (κ1) is 21.9. The van der Waals surface area contributed by atoms with Crippen LogP contribution in [0.4, 0.5) is 18.9 Å². The van der Waals surface area contributed by atoms with Crippen LogP contribution in [0.2, 0.25) is 5.02 Å². The van der Waals surface area contributed by atoms with Gasteiger partial charge in [-0.1, -0.05) is 29.8 Å². The van der Waals surface area contributed by atoms with Gasteiger partial charge in [-0.3, -0.25) is 4.79 Å². The number of carbonyl (C=O) groups excluding carboxylic acids is 1. The van der Waals surface area contributed by atoms with E-state index in [2.05, 4.69) is 5.32 Å². The zero-order valence-corrected chi connectivity index (χ0v) is 17.1. The third kappa shape index (κ3) is 4.83. The summed E-state index contributed by atoms with van der Waals surface area (Å²) in [5, 5.41) is 11.0. The first-order chi connectivity index (χ1) is 14.1. The minimum absolute atomic E-state index is 0.161. The summed E-state index contributed by atoms with van der Waals surface area (Å²) in [5.74, 6) is -1.77. The zero-order chi connectivity index (χ0) is 22.1. The SMILES string of the molecule is Cc1cc(NC(=O)c2cccc(C(F)(F)F)c2Cl)c(Cc2ccc(C(=O)O)cc2)s1. The van der Waals surface area contributed by atoms with Gasteiger partial charge in [-0.05, 0) is 42.8 Å². The molecular weight excluding hydrogens is 439 g/mol. The van der Waals surface area contributed by atoms with Crippen molar-refractivity contribution in [1.29, 1.82) is 0 Å². The average Bonchev–Trinajstić information content (AvgIpc) is 3.00. The van der Waals surface area contributed by atoms with Gasteiger partial charge >= 0.3 is 12.1 Å². The molecule has 1 heterocycles. The van der Waals surface area contributed by atoms with Crippen LogP contribution < -0.4 is 5.32 Å². The van der Waals surface area contributed by atoms with E-state index < -0.39 is 28.6 Å². The van der Waals surface area contributed by atoms with Gasteiger partial charge in [-0.25, -0.2) is 4.79 Å². The molecule has 0 saturated heterocycles. The van der Waals surface area contributed by atoms with Crippen LogP contribution in [-0.4, -0.2) is 17.0 Å². The second kappa shape index (κ2) is 8.49. The van der Waals surface area contributed by atoms with Gasteiger partial charge < -0.3 is 10.4 Å². The number of benzene rings is 2. The number of rotatable bonds is 5. The highest BCUT2D eigenvalue weighted by atomic mass is 35.5. The van der Waals surface area contributed by atoms with Crippen molar-refractivity contribution >= 4 is 40.5 Å². The molecule has 0 aliphatic rings. The fourth-order valence-electron chi connectivity index (χ4n) is 2.87. The second-order valence-electron chi connectivity index (χ2n) is 6.49. The van der Waals surface area contributed by atoms with Crippen LogP contribution in [0.15, 0.2) is 48.5 Å². The van der Waals surface area contributed by atoms with Crippen LogP contribution in [0.25, 0.3) is 0 Å². The highest BCUT2D eigenvalue weighted by Crippen LogP contribution is 2.37. The van der Waals surface area contributed by atoms with E-state index in [9.17, 15) is 22.8 Å². The Labute approximate surface area is 178 Å². The van der Waals surface area contributed by atoms with Crippen LogP contribution in [0, 0.1) is 6.92 Å². The van der Waals surface area contributed by atoms with Crippen molar-refractivity contribution in [3.05, 3.63) is 85.6 Å². The van der Waals surface area contributed by atoms with Gasteiger partial charge in [0.25, 0.3) is 5.91 Å². The number of hydrogen-bond donors (Lipinski definition) is 2. The van der Waals surface area contributed by atoms with Crippen LogP contribution in [-0.2, 0) is 12.6 Å². The van der Waals surface area contributed by atoms with E-state index in [0.717, 1.165) is 27.5 Å². The summed E-state index contributed by atoms with van der Waals surface area (Å²) in [7, 11) is 0. The normalized spacial score (nSPS) is 11.4. The van der Waals surface area contributed by atoms with Crippen molar-refractivity contribution < 1.29 is 27.9 Å². The number of nitrogens with one attached hydrogen (secondary N) is 1. The summed E-state index contributed by atoms with van der Waals surface area (Å²) in [5.41, 5.74) is 0.116. The molecule has 1 amide bonds. The lowest BCUT2D eigenvalue weighted by atomic mass is 10.1. The van der Waals surface area contributed by atoms with Crippen molar-refractivity contribution in [3.63, 3.8) is 0 Å². The molecule has 9 heteroatoms. The smallest absolute Gasteiger partial charge is 0.417 e. The van der Waals surface area contributed by atoms with E-state index in [1.165, 1.54) is 29.5 Å². The van der Waals surface area contributed by atoms with Crippen LogP contribution in [0.3, 0.4) is 0 Å². The molecule has 3 rings (SSSR count). The summed E-state index contributed by atoms with van der Waals surface area (Å²) < 4.78 is 39.2. The quantitative estimate of drug-likeness (QED) is 0.478. The Bertz CT molecular complexity index is 1110. The Morgan fingerprint density at radius 2 is 1.80 bits per heavy atom. The zero-order valence-electron chi connectivity index (χ0n) is 15.5. The molecular formula is C21H15ClF3NO3S.